The molecule has 0 heterocycles. The van der Waals surface area contributed by atoms with Gasteiger partial charge in [0.1, 0.15) is 6.29 Å². The van der Waals surface area contributed by atoms with Crippen LogP contribution in [0.2, 0.25) is 0 Å². The number of carbonyl (C=O) groups is 1. The molecule has 0 amide bonds. The highest BCUT2D eigenvalue weighted by Gasteiger charge is 2.27. The third-order valence-electron chi connectivity index (χ3n) is 11.9. The van der Waals surface area contributed by atoms with Gasteiger partial charge in [0.2, 0.25) is 0 Å². The largest absolute Gasteiger partial charge is 0.309 e. The van der Waals surface area contributed by atoms with Gasteiger partial charge in [-0.3, -0.25) is 4.79 Å². The minimum atomic E-state index is 0.651. The first kappa shape index (κ1) is 33.8. The highest BCUT2D eigenvalue weighted by molar-refractivity contribution is 6.45. The number of aldehydes is 1. The third-order valence-corrected chi connectivity index (χ3v) is 11.9. The van der Waals surface area contributed by atoms with Gasteiger partial charge in [-0.1, -0.05) is 139 Å². The van der Waals surface area contributed by atoms with Crippen LogP contribution in [-0.4, -0.2) is 6.29 Å². The fourth-order valence-electron chi connectivity index (χ4n) is 9.35. The SMILES string of the molecule is Cc1ccc(N(c2ccccc2)c2c3ccccc3c3c4cccc5c(N(c6ccc(C)cc6)c6ccc(C=O)cc6)c6ccccc6c(c6cccc2c63)c54)cc1. The Labute approximate surface area is 337 Å². The van der Waals surface area contributed by atoms with Crippen molar-refractivity contribution < 1.29 is 4.79 Å². The summed E-state index contributed by atoms with van der Waals surface area (Å²) in [4.78, 5) is 16.6. The first-order chi connectivity index (χ1) is 28.6. The molecule has 0 fully saturated rings. The van der Waals surface area contributed by atoms with Crippen molar-refractivity contribution in [1.82, 2.24) is 0 Å². The molecule has 3 nitrogen and oxygen atoms in total. The van der Waals surface area contributed by atoms with E-state index in [0.717, 1.165) is 40.1 Å². The number of carbonyl (C=O) groups excluding carboxylic acids is 1. The van der Waals surface area contributed by atoms with Crippen LogP contribution in [0.25, 0.3) is 64.6 Å². The number of fused-ring (bicyclic) bond motifs is 6. The number of para-hydroxylation sites is 1. The average molecular weight is 743 g/mol. The van der Waals surface area contributed by atoms with Crippen molar-refractivity contribution in [3.63, 3.8) is 0 Å². The third kappa shape index (κ3) is 5.10. The van der Waals surface area contributed by atoms with E-state index in [0.29, 0.717) is 5.56 Å². The van der Waals surface area contributed by atoms with Gasteiger partial charge in [0.25, 0.3) is 0 Å². The van der Waals surface area contributed by atoms with Gasteiger partial charge in [0.05, 0.1) is 11.4 Å². The molecule has 0 aromatic heterocycles. The van der Waals surface area contributed by atoms with Crippen LogP contribution in [0.1, 0.15) is 21.5 Å². The first-order valence-corrected chi connectivity index (χ1v) is 19.9. The van der Waals surface area contributed by atoms with Crippen LogP contribution in [0.15, 0.2) is 188 Å². The van der Waals surface area contributed by atoms with Crippen LogP contribution in [0.4, 0.5) is 34.1 Å². The molecule has 274 valence electrons. The summed E-state index contributed by atoms with van der Waals surface area (Å²) in [6.45, 7) is 4.27. The molecule has 0 bridgehead atoms. The molecule has 0 N–H and O–H groups in total. The summed E-state index contributed by atoms with van der Waals surface area (Å²) in [5.41, 5.74) is 9.65. The standard InChI is InChI=1S/C55H38N2O/c1-35-22-28-39(29-23-35)56(38-12-4-3-5-13-38)54-44-16-8-6-14-42(44)50-47-19-11-21-49-53(47)51(46-18-10-20-48(54)52(46)50)43-15-7-9-17-45(43)55(49)57(40-30-24-36(2)25-31-40)41-32-26-37(34-58)27-33-41/h3-34H,1-2H3. The molecule has 0 aliphatic carbocycles. The van der Waals surface area contributed by atoms with E-state index < -0.39 is 0 Å². The van der Waals surface area contributed by atoms with E-state index >= 15 is 0 Å². The van der Waals surface area contributed by atoms with Crippen LogP contribution in [0, 0.1) is 13.8 Å². The Balaban J connectivity index is 1.33. The number of hydrogen-bond acceptors (Lipinski definition) is 3. The van der Waals surface area contributed by atoms with Crippen LogP contribution in [-0.2, 0) is 0 Å². The topological polar surface area (TPSA) is 23.6 Å². The molecular weight excluding hydrogens is 705 g/mol. The Hall–Kier alpha value is -7.49. The van der Waals surface area contributed by atoms with Crippen LogP contribution >= 0.6 is 0 Å². The quantitative estimate of drug-likeness (QED) is 0.0923. The van der Waals surface area contributed by atoms with Gasteiger partial charge < -0.3 is 9.80 Å². The predicted octanol–water partition coefficient (Wildman–Crippen LogP) is 15.4. The lowest BCUT2D eigenvalue weighted by molar-refractivity contribution is 0.112. The van der Waals surface area contributed by atoms with Crippen molar-refractivity contribution >= 4 is 105 Å². The van der Waals surface area contributed by atoms with E-state index in [9.17, 15) is 4.79 Å². The zero-order valence-corrected chi connectivity index (χ0v) is 32.3. The highest BCUT2D eigenvalue weighted by atomic mass is 16.1. The van der Waals surface area contributed by atoms with Crippen molar-refractivity contribution in [3.05, 3.63) is 205 Å². The maximum absolute atomic E-state index is 11.8. The minimum absolute atomic E-state index is 0.651. The lowest BCUT2D eigenvalue weighted by Gasteiger charge is -2.31. The van der Waals surface area contributed by atoms with Crippen molar-refractivity contribution in [1.29, 1.82) is 0 Å². The number of anilines is 6. The Kier molecular flexibility index (Phi) is 7.77. The Morgan fingerprint density at radius 3 is 1.07 bits per heavy atom. The summed E-state index contributed by atoms with van der Waals surface area (Å²) in [6, 6.07) is 67.9. The van der Waals surface area contributed by atoms with E-state index in [-0.39, 0.29) is 0 Å². The maximum atomic E-state index is 11.8. The predicted molar refractivity (Wildman–Crippen MR) is 247 cm³/mol. The smallest absolute Gasteiger partial charge is 0.150 e. The molecule has 0 atom stereocenters. The number of rotatable bonds is 7. The van der Waals surface area contributed by atoms with Gasteiger partial charge in [-0.05, 0) is 107 Å². The van der Waals surface area contributed by atoms with Crippen molar-refractivity contribution in [2.45, 2.75) is 13.8 Å². The van der Waals surface area contributed by atoms with E-state index in [1.165, 1.54) is 76.1 Å². The maximum Gasteiger partial charge on any atom is 0.150 e. The molecule has 11 aromatic carbocycles. The van der Waals surface area contributed by atoms with E-state index in [1.54, 1.807) is 0 Å². The summed E-state index contributed by atoms with van der Waals surface area (Å²) < 4.78 is 0. The van der Waals surface area contributed by atoms with Gasteiger partial charge >= 0.3 is 0 Å². The molecule has 0 saturated heterocycles. The van der Waals surface area contributed by atoms with Crippen LogP contribution in [0.5, 0.6) is 0 Å². The van der Waals surface area contributed by atoms with Crippen molar-refractivity contribution in [2.75, 3.05) is 9.80 Å². The van der Waals surface area contributed by atoms with Crippen LogP contribution < -0.4 is 9.80 Å². The number of benzene rings is 11. The number of aryl methyl sites for hydroxylation is 2. The molecule has 3 heteroatoms. The average Bonchev–Trinajstić information content (AvgIpc) is 3.28. The van der Waals surface area contributed by atoms with Gasteiger partial charge in [-0.2, -0.15) is 0 Å². The van der Waals surface area contributed by atoms with Gasteiger partial charge in [-0.25, -0.2) is 0 Å². The summed E-state index contributed by atoms with van der Waals surface area (Å²) in [6.07, 6.45) is 0.908. The zero-order valence-electron chi connectivity index (χ0n) is 32.3. The van der Waals surface area contributed by atoms with Crippen LogP contribution in [0.3, 0.4) is 0 Å². The van der Waals surface area contributed by atoms with Gasteiger partial charge in [-0.15, -0.1) is 0 Å². The molecule has 0 radical (unpaired) electrons. The van der Waals surface area contributed by atoms with Crippen molar-refractivity contribution in [2.24, 2.45) is 0 Å². The Morgan fingerprint density at radius 1 is 0.310 bits per heavy atom. The molecule has 11 aromatic rings. The fourth-order valence-corrected chi connectivity index (χ4v) is 9.35. The number of hydrogen-bond donors (Lipinski definition) is 0. The van der Waals surface area contributed by atoms with Gasteiger partial charge in [0, 0.05) is 60.6 Å². The van der Waals surface area contributed by atoms with E-state index in [4.69, 9.17) is 0 Å². The lowest BCUT2D eigenvalue weighted by atomic mass is 9.83. The van der Waals surface area contributed by atoms with E-state index in [2.05, 4.69) is 200 Å². The normalized spacial score (nSPS) is 11.7. The molecule has 0 unspecified atom stereocenters. The molecular formula is C55H38N2O. The Morgan fingerprint density at radius 2 is 0.638 bits per heavy atom. The monoisotopic (exact) mass is 742 g/mol. The summed E-state index contributed by atoms with van der Waals surface area (Å²) >= 11 is 0. The fraction of sp³-hybridized carbons (Fsp3) is 0.0364. The molecule has 0 saturated carbocycles. The molecule has 58 heavy (non-hydrogen) atoms. The molecule has 0 aliphatic heterocycles. The highest BCUT2D eigenvalue weighted by Crippen LogP contribution is 2.54. The molecule has 11 rings (SSSR count). The second-order valence-corrected chi connectivity index (χ2v) is 15.4. The zero-order chi connectivity index (χ0) is 38.9. The molecule has 0 aliphatic rings. The summed E-state index contributed by atoms with van der Waals surface area (Å²) in [5.74, 6) is 0. The second kappa shape index (κ2) is 13.3. The van der Waals surface area contributed by atoms with Crippen molar-refractivity contribution in [3.8, 4) is 0 Å². The minimum Gasteiger partial charge on any atom is -0.309 e. The second-order valence-electron chi connectivity index (χ2n) is 15.4. The molecule has 0 spiro atoms. The van der Waals surface area contributed by atoms with E-state index in [1.807, 2.05) is 12.1 Å². The summed E-state index contributed by atoms with van der Waals surface area (Å²) in [7, 11) is 0. The van der Waals surface area contributed by atoms with Gasteiger partial charge in [0.15, 0.2) is 0 Å². The lowest BCUT2D eigenvalue weighted by Crippen LogP contribution is -2.12. The summed E-state index contributed by atoms with van der Waals surface area (Å²) in [5, 5.41) is 14.7. The first-order valence-electron chi connectivity index (χ1n) is 19.9. The number of nitrogens with zero attached hydrogens (tertiary/aromatic N) is 2. The Bertz CT molecular complexity index is 3350.